The van der Waals surface area contributed by atoms with E-state index in [4.69, 9.17) is 23.7 Å². The molecule has 1 aromatic heterocycles. The van der Waals surface area contributed by atoms with Crippen LogP contribution in [0.4, 0.5) is 23.2 Å². The summed E-state index contributed by atoms with van der Waals surface area (Å²) < 4.78 is 85.3. The van der Waals surface area contributed by atoms with Crippen LogP contribution in [0.5, 0.6) is 23.1 Å². The van der Waals surface area contributed by atoms with Crippen molar-refractivity contribution in [1.82, 2.24) is 9.88 Å². The summed E-state index contributed by atoms with van der Waals surface area (Å²) in [6, 6.07) is 17.0. The molecule has 260 valence electrons. The van der Waals surface area contributed by atoms with Crippen LogP contribution in [0.25, 0.3) is 11.1 Å². The second kappa shape index (κ2) is 16.5. The SMILES string of the molecule is CCOc1cc(-c2ccc(CC(=O)Nc3cccc(OCCN4CCOCC4)c3C(F)(F)F)c(F)c2)cnc1OCc1ccc(OC)cc1. The minimum atomic E-state index is -4.81. The summed E-state index contributed by atoms with van der Waals surface area (Å²) in [5.74, 6) is -0.568. The summed E-state index contributed by atoms with van der Waals surface area (Å²) in [7, 11) is 1.59. The van der Waals surface area contributed by atoms with Gasteiger partial charge in [-0.25, -0.2) is 9.37 Å². The number of aromatic nitrogens is 1. The fraction of sp³-hybridized carbons (Fsp3) is 0.333. The largest absolute Gasteiger partial charge is 0.497 e. The molecular formula is C36H37F4N3O6. The molecule has 0 saturated carbocycles. The Balaban J connectivity index is 1.25. The predicted molar refractivity (Wildman–Crippen MR) is 175 cm³/mol. The van der Waals surface area contributed by atoms with Crippen molar-refractivity contribution in [2.75, 3.05) is 58.5 Å². The van der Waals surface area contributed by atoms with E-state index in [9.17, 15) is 18.0 Å². The Kier molecular flexibility index (Phi) is 11.9. The van der Waals surface area contributed by atoms with Gasteiger partial charge in [-0.3, -0.25) is 9.69 Å². The van der Waals surface area contributed by atoms with Crippen molar-refractivity contribution in [3.63, 3.8) is 0 Å². The van der Waals surface area contributed by atoms with Gasteiger partial charge in [0, 0.05) is 31.4 Å². The number of carbonyl (C=O) groups excluding carboxylic acids is 1. The van der Waals surface area contributed by atoms with Crippen molar-refractivity contribution in [2.45, 2.75) is 26.1 Å². The summed E-state index contributed by atoms with van der Waals surface area (Å²) in [5, 5.41) is 2.30. The molecule has 1 saturated heterocycles. The molecule has 1 aliphatic heterocycles. The second-order valence-corrected chi connectivity index (χ2v) is 11.1. The second-order valence-electron chi connectivity index (χ2n) is 11.1. The first-order valence-electron chi connectivity index (χ1n) is 15.7. The molecule has 0 radical (unpaired) electrons. The van der Waals surface area contributed by atoms with Gasteiger partial charge in [0.2, 0.25) is 5.91 Å². The van der Waals surface area contributed by atoms with Crippen molar-refractivity contribution >= 4 is 11.6 Å². The maximum Gasteiger partial charge on any atom is 0.421 e. The average molecular weight is 684 g/mol. The van der Waals surface area contributed by atoms with E-state index < -0.39 is 41.3 Å². The number of nitrogens with zero attached hydrogens (tertiary/aromatic N) is 2. The first-order chi connectivity index (χ1) is 23.6. The topological polar surface area (TPSA) is 91.4 Å². The number of rotatable bonds is 14. The minimum absolute atomic E-state index is 0.00478. The Hall–Kier alpha value is -4.88. The highest BCUT2D eigenvalue weighted by atomic mass is 19.4. The normalized spacial score (nSPS) is 13.5. The first kappa shape index (κ1) is 35.4. The molecule has 1 fully saturated rings. The van der Waals surface area contributed by atoms with Gasteiger partial charge >= 0.3 is 6.18 Å². The number of anilines is 1. The zero-order valence-corrected chi connectivity index (χ0v) is 27.1. The lowest BCUT2D eigenvalue weighted by atomic mass is 10.0. The monoisotopic (exact) mass is 683 g/mol. The van der Waals surface area contributed by atoms with Gasteiger partial charge < -0.3 is 29.0 Å². The number of carbonyl (C=O) groups is 1. The number of halogens is 4. The van der Waals surface area contributed by atoms with E-state index in [1.165, 1.54) is 30.5 Å². The summed E-state index contributed by atoms with van der Waals surface area (Å²) in [5.41, 5.74) is 0.321. The number of nitrogens with one attached hydrogen (secondary N) is 1. The van der Waals surface area contributed by atoms with Crippen LogP contribution >= 0.6 is 0 Å². The van der Waals surface area contributed by atoms with Crippen LogP contribution in [0.3, 0.4) is 0 Å². The number of hydrogen-bond acceptors (Lipinski definition) is 8. The van der Waals surface area contributed by atoms with Gasteiger partial charge in [0.1, 0.15) is 36.1 Å². The number of methoxy groups -OCH3 is 1. The Morgan fingerprint density at radius 2 is 1.73 bits per heavy atom. The van der Waals surface area contributed by atoms with E-state index >= 15 is 4.39 Å². The van der Waals surface area contributed by atoms with Crippen molar-refractivity contribution in [3.8, 4) is 34.3 Å². The predicted octanol–water partition coefficient (Wildman–Crippen LogP) is 6.79. The van der Waals surface area contributed by atoms with Gasteiger partial charge in [0.15, 0.2) is 5.75 Å². The number of ether oxygens (including phenoxy) is 5. The molecule has 4 aromatic rings. The van der Waals surface area contributed by atoms with E-state index in [1.54, 1.807) is 19.2 Å². The zero-order chi connectivity index (χ0) is 34.8. The average Bonchev–Trinajstić information content (AvgIpc) is 3.09. The summed E-state index contributed by atoms with van der Waals surface area (Å²) in [4.78, 5) is 19.3. The van der Waals surface area contributed by atoms with Crippen LogP contribution in [0.1, 0.15) is 23.6 Å². The maximum atomic E-state index is 15.3. The number of morpholine rings is 1. The lowest BCUT2D eigenvalue weighted by molar-refractivity contribution is -0.138. The van der Waals surface area contributed by atoms with E-state index in [1.807, 2.05) is 36.1 Å². The molecule has 49 heavy (non-hydrogen) atoms. The van der Waals surface area contributed by atoms with Crippen molar-refractivity contribution in [3.05, 3.63) is 95.4 Å². The fourth-order valence-electron chi connectivity index (χ4n) is 5.23. The molecule has 0 atom stereocenters. The molecule has 0 aliphatic carbocycles. The van der Waals surface area contributed by atoms with Gasteiger partial charge in [-0.15, -0.1) is 0 Å². The van der Waals surface area contributed by atoms with E-state index in [0.29, 0.717) is 56.3 Å². The fourth-order valence-corrected chi connectivity index (χ4v) is 5.23. The molecule has 3 aromatic carbocycles. The molecule has 5 rings (SSSR count). The van der Waals surface area contributed by atoms with Crippen molar-refractivity contribution < 1.29 is 46.0 Å². The van der Waals surface area contributed by atoms with Gasteiger partial charge in [0.25, 0.3) is 5.88 Å². The van der Waals surface area contributed by atoms with Gasteiger partial charge in [0.05, 0.1) is 39.0 Å². The van der Waals surface area contributed by atoms with E-state index in [-0.39, 0.29) is 24.7 Å². The van der Waals surface area contributed by atoms with Crippen molar-refractivity contribution in [2.24, 2.45) is 0 Å². The summed E-state index contributed by atoms with van der Waals surface area (Å²) >= 11 is 0. The highest BCUT2D eigenvalue weighted by Crippen LogP contribution is 2.41. The number of benzene rings is 3. The highest BCUT2D eigenvalue weighted by molar-refractivity contribution is 5.93. The van der Waals surface area contributed by atoms with Crippen LogP contribution in [0.2, 0.25) is 0 Å². The quantitative estimate of drug-likeness (QED) is 0.146. The molecule has 0 spiro atoms. The van der Waals surface area contributed by atoms with Crippen molar-refractivity contribution in [1.29, 1.82) is 0 Å². The van der Waals surface area contributed by atoms with Crippen LogP contribution in [0.15, 0.2) is 72.9 Å². The standard InChI is InChI=1S/C36H37F4N3O6/c1-3-47-32-20-27(22-41-35(32)49-23-24-7-11-28(45-2)12-8-24)25-9-10-26(29(37)19-25)21-33(44)42-30-5-4-6-31(34(30)36(38,39)40)48-18-15-43-13-16-46-17-14-43/h4-12,19-20,22H,3,13-18,21,23H2,1-2H3,(H,42,44). The summed E-state index contributed by atoms with van der Waals surface area (Å²) in [6.07, 6.45) is -3.79. The Morgan fingerprint density at radius 3 is 2.43 bits per heavy atom. The first-order valence-corrected chi connectivity index (χ1v) is 15.7. The third kappa shape index (κ3) is 9.61. The van der Waals surface area contributed by atoms with Gasteiger partial charge in [-0.05, 0) is 60.0 Å². The Bertz CT molecular complexity index is 1710. The molecule has 9 nitrogen and oxygen atoms in total. The number of hydrogen-bond donors (Lipinski definition) is 1. The third-order valence-corrected chi connectivity index (χ3v) is 7.74. The smallest absolute Gasteiger partial charge is 0.421 e. The molecule has 0 bridgehead atoms. The highest BCUT2D eigenvalue weighted by Gasteiger charge is 2.38. The zero-order valence-electron chi connectivity index (χ0n) is 27.1. The van der Waals surface area contributed by atoms with Gasteiger partial charge in [-0.1, -0.05) is 30.3 Å². The summed E-state index contributed by atoms with van der Waals surface area (Å²) in [6.45, 7) is 5.29. The Labute approximate surface area is 281 Å². The maximum absolute atomic E-state index is 15.3. The lowest BCUT2D eigenvalue weighted by Gasteiger charge is -2.26. The Morgan fingerprint density at radius 1 is 0.959 bits per heavy atom. The van der Waals surface area contributed by atoms with Crippen LogP contribution in [-0.4, -0.2) is 69.0 Å². The van der Waals surface area contributed by atoms with E-state index in [0.717, 1.165) is 17.4 Å². The number of amides is 1. The molecule has 2 heterocycles. The minimum Gasteiger partial charge on any atom is -0.497 e. The molecular weight excluding hydrogens is 646 g/mol. The van der Waals surface area contributed by atoms with E-state index in [2.05, 4.69) is 10.3 Å². The molecule has 13 heteroatoms. The number of alkyl halides is 3. The molecule has 1 aliphatic rings. The third-order valence-electron chi connectivity index (χ3n) is 7.74. The molecule has 1 amide bonds. The van der Waals surface area contributed by atoms with Crippen LogP contribution in [0, 0.1) is 5.82 Å². The molecule has 0 unspecified atom stereocenters. The number of pyridine rings is 1. The van der Waals surface area contributed by atoms with Crippen LogP contribution in [-0.2, 0) is 28.7 Å². The van der Waals surface area contributed by atoms with Gasteiger partial charge in [-0.2, -0.15) is 13.2 Å². The molecule has 1 N–H and O–H groups in total. The van der Waals surface area contributed by atoms with Crippen LogP contribution < -0.4 is 24.3 Å². The lowest BCUT2D eigenvalue weighted by Crippen LogP contribution is -2.38.